The number of amides is 1. The molecule has 1 fully saturated rings. The molecule has 2 heterocycles. The molecule has 1 aliphatic rings. The quantitative estimate of drug-likeness (QED) is 0.788. The number of hydrogen-bond donors (Lipinski definition) is 0. The summed E-state index contributed by atoms with van der Waals surface area (Å²) in [5, 5.41) is 4.10. The number of carbonyl (C=O) groups excluding carboxylic acids is 1. The number of hydrogen-bond acceptors (Lipinski definition) is 3. The monoisotopic (exact) mass is 324 g/mol. The van der Waals surface area contributed by atoms with Crippen molar-refractivity contribution in [3.8, 4) is 0 Å². The molecule has 0 atom stereocenters. The third kappa shape index (κ3) is 4.55. The molecule has 1 aromatic heterocycles. The summed E-state index contributed by atoms with van der Waals surface area (Å²) in [6, 6.07) is 10.6. The lowest BCUT2D eigenvalue weighted by Gasteiger charge is -2.34. The fourth-order valence-electron chi connectivity index (χ4n) is 2.92. The van der Waals surface area contributed by atoms with Gasteiger partial charge >= 0.3 is 0 Å². The molecule has 0 bridgehead atoms. The number of nitrogens with zero attached hydrogens (tertiary/aromatic N) is 4. The molecule has 1 aromatic carbocycles. The first-order valence-electron chi connectivity index (χ1n) is 8.42. The highest BCUT2D eigenvalue weighted by atomic mass is 16.2. The van der Waals surface area contributed by atoms with Crippen molar-refractivity contribution >= 4 is 12.0 Å². The summed E-state index contributed by atoms with van der Waals surface area (Å²) < 4.78 is 1.73. The standard InChI is InChI=1S/C19H24N4O/c1-21-16-18(15-20-21)7-8-19(24)23-13-11-22(12-14-23)10-9-17-5-3-2-4-6-17/h2-8,15-16H,9-14H2,1H3. The number of piperazine rings is 1. The Labute approximate surface area is 143 Å². The highest BCUT2D eigenvalue weighted by molar-refractivity contribution is 5.91. The molecular formula is C19H24N4O. The maximum atomic E-state index is 12.3. The molecule has 126 valence electrons. The second-order valence-electron chi connectivity index (χ2n) is 6.18. The van der Waals surface area contributed by atoms with Crippen LogP contribution in [0.5, 0.6) is 0 Å². The Balaban J connectivity index is 1.43. The van der Waals surface area contributed by atoms with Gasteiger partial charge in [0, 0.05) is 57.6 Å². The zero-order chi connectivity index (χ0) is 16.8. The molecule has 3 rings (SSSR count). The van der Waals surface area contributed by atoms with Crippen molar-refractivity contribution in [3.05, 3.63) is 59.9 Å². The zero-order valence-electron chi connectivity index (χ0n) is 14.1. The van der Waals surface area contributed by atoms with Crippen LogP contribution in [0.2, 0.25) is 0 Å². The molecule has 0 aliphatic carbocycles. The third-order valence-corrected chi connectivity index (χ3v) is 4.39. The Hall–Kier alpha value is -2.40. The van der Waals surface area contributed by atoms with E-state index in [-0.39, 0.29) is 5.91 Å². The van der Waals surface area contributed by atoms with Gasteiger partial charge in [-0.15, -0.1) is 0 Å². The number of aryl methyl sites for hydroxylation is 1. The minimum absolute atomic E-state index is 0.0848. The Morgan fingerprint density at radius 3 is 2.58 bits per heavy atom. The lowest BCUT2D eigenvalue weighted by molar-refractivity contribution is -0.127. The topological polar surface area (TPSA) is 41.4 Å². The fourth-order valence-corrected chi connectivity index (χ4v) is 2.92. The van der Waals surface area contributed by atoms with E-state index in [2.05, 4.69) is 34.3 Å². The summed E-state index contributed by atoms with van der Waals surface area (Å²) in [6.07, 6.45) is 8.19. The Morgan fingerprint density at radius 2 is 1.92 bits per heavy atom. The van der Waals surface area contributed by atoms with E-state index >= 15 is 0 Å². The number of benzene rings is 1. The summed E-state index contributed by atoms with van der Waals surface area (Å²) in [5.41, 5.74) is 2.32. The van der Waals surface area contributed by atoms with E-state index in [4.69, 9.17) is 0 Å². The van der Waals surface area contributed by atoms with Gasteiger partial charge in [0.05, 0.1) is 6.20 Å². The highest BCUT2D eigenvalue weighted by Gasteiger charge is 2.19. The summed E-state index contributed by atoms with van der Waals surface area (Å²) in [5.74, 6) is 0.0848. The SMILES string of the molecule is Cn1cc(C=CC(=O)N2CCN(CCc3ccccc3)CC2)cn1. The van der Waals surface area contributed by atoms with Crippen LogP contribution >= 0.6 is 0 Å². The zero-order valence-corrected chi connectivity index (χ0v) is 14.1. The second-order valence-corrected chi connectivity index (χ2v) is 6.18. The predicted molar refractivity (Wildman–Crippen MR) is 95.4 cm³/mol. The van der Waals surface area contributed by atoms with E-state index in [0.717, 1.165) is 44.7 Å². The smallest absolute Gasteiger partial charge is 0.246 e. The molecular weight excluding hydrogens is 300 g/mol. The Kier molecular flexibility index (Phi) is 5.43. The van der Waals surface area contributed by atoms with Crippen molar-refractivity contribution in [2.75, 3.05) is 32.7 Å². The van der Waals surface area contributed by atoms with Gasteiger partial charge in [-0.25, -0.2) is 0 Å². The molecule has 0 saturated carbocycles. The predicted octanol–water partition coefficient (Wildman–Crippen LogP) is 1.82. The van der Waals surface area contributed by atoms with Crippen LogP contribution in [-0.2, 0) is 18.3 Å². The molecule has 5 heteroatoms. The van der Waals surface area contributed by atoms with Crippen LogP contribution < -0.4 is 0 Å². The van der Waals surface area contributed by atoms with Gasteiger partial charge < -0.3 is 4.90 Å². The van der Waals surface area contributed by atoms with Crippen molar-refractivity contribution in [1.29, 1.82) is 0 Å². The molecule has 1 saturated heterocycles. The summed E-state index contributed by atoms with van der Waals surface area (Å²) in [6.45, 7) is 4.53. The minimum atomic E-state index is 0.0848. The molecule has 1 amide bonds. The molecule has 0 N–H and O–H groups in total. The molecule has 0 radical (unpaired) electrons. The average Bonchev–Trinajstić information content (AvgIpc) is 3.04. The van der Waals surface area contributed by atoms with E-state index < -0.39 is 0 Å². The molecule has 0 spiro atoms. The van der Waals surface area contributed by atoms with Gasteiger partial charge in [0.15, 0.2) is 0 Å². The van der Waals surface area contributed by atoms with Gasteiger partial charge in [0.2, 0.25) is 5.91 Å². The number of aromatic nitrogens is 2. The Bertz CT molecular complexity index is 684. The van der Waals surface area contributed by atoms with Crippen molar-refractivity contribution in [1.82, 2.24) is 19.6 Å². The van der Waals surface area contributed by atoms with E-state index in [1.54, 1.807) is 17.0 Å². The van der Waals surface area contributed by atoms with Gasteiger partial charge in [-0.05, 0) is 18.1 Å². The average molecular weight is 324 g/mol. The van der Waals surface area contributed by atoms with Crippen LogP contribution in [0.15, 0.2) is 48.8 Å². The molecule has 24 heavy (non-hydrogen) atoms. The van der Waals surface area contributed by atoms with Crippen LogP contribution in [0.25, 0.3) is 6.08 Å². The second kappa shape index (κ2) is 7.93. The van der Waals surface area contributed by atoms with Crippen LogP contribution in [0, 0.1) is 0 Å². The van der Waals surface area contributed by atoms with Crippen LogP contribution in [-0.4, -0.2) is 58.2 Å². The minimum Gasteiger partial charge on any atom is -0.337 e. The number of carbonyl (C=O) groups is 1. The molecule has 0 unspecified atom stereocenters. The first-order chi connectivity index (χ1) is 11.7. The van der Waals surface area contributed by atoms with E-state index in [1.807, 2.05) is 30.3 Å². The number of rotatable bonds is 5. The summed E-state index contributed by atoms with van der Waals surface area (Å²) >= 11 is 0. The Morgan fingerprint density at radius 1 is 1.17 bits per heavy atom. The molecule has 1 aliphatic heterocycles. The maximum absolute atomic E-state index is 12.3. The van der Waals surface area contributed by atoms with Gasteiger partial charge in [-0.3, -0.25) is 14.4 Å². The van der Waals surface area contributed by atoms with Crippen LogP contribution in [0.1, 0.15) is 11.1 Å². The van der Waals surface area contributed by atoms with E-state index in [0.29, 0.717) is 0 Å². The van der Waals surface area contributed by atoms with Crippen molar-refractivity contribution in [2.24, 2.45) is 7.05 Å². The van der Waals surface area contributed by atoms with Crippen molar-refractivity contribution < 1.29 is 4.79 Å². The van der Waals surface area contributed by atoms with E-state index in [1.165, 1.54) is 5.56 Å². The van der Waals surface area contributed by atoms with Crippen LogP contribution in [0.3, 0.4) is 0 Å². The highest BCUT2D eigenvalue weighted by Crippen LogP contribution is 2.07. The van der Waals surface area contributed by atoms with Gasteiger partial charge in [-0.2, -0.15) is 5.10 Å². The molecule has 2 aromatic rings. The van der Waals surface area contributed by atoms with Gasteiger partial charge in [-0.1, -0.05) is 30.3 Å². The first-order valence-corrected chi connectivity index (χ1v) is 8.42. The van der Waals surface area contributed by atoms with Crippen molar-refractivity contribution in [2.45, 2.75) is 6.42 Å². The summed E-state index contributed by atoms with van der Waals surface area (Å²) in [7, 11) is 1.87. The maximum Gasteiger partial charge on any atom is 0.246 e. The normalized spacial score (nSPS) is 16.0. The summed E-state index contributed by atoms with van der Waals surface area (Å²) in [4.78, 5) is 16.6. The third-order valence-electron chi connectivity index (χ3n) is 4.39. The first kappa shape index (κ1) is 16.5. The van der Waals surface area contributed by atoms with Crippen molar-refractivity contribution in [3.63, 3.8) is 0 Å². The largest absolute Gasteiger partial charge is 0.337 e. The lowest BCUT2D eigenvalue weighted by Crippen LogP contribution is -2.48. The van der Waals surface area contributed by atoms with Crippen LogP contribution in [0.4, 0.5) is 0 Å². The van der Waals surface area contributed by atoms with Gasteiger partial charge in [0.25, 0.3) is 0 Å². The van der Waals surface area contributed by atoms with E-state index in [9.17, 15) is 4.79 Å². The van der Waals surface area contributed by atoms with Gasteiger partial charge in [0.1, 0.15) is 0 Å². The fraction of sp³-hybridized carbons (Fsp3) is 0.368. The lowest BCUT2D eigenvalue weighted by atomic mass is 10.1. The molecule has 5 nitrogen and oxygen atoms in total.